The minimum Gasteiger partial charge on any atom is -0.311 e. The second-order valence-corrected chi connectivity index (χ2v) is 35.0. The molecule has 1 aromatic heterocycles. The van der Waals surface area contributed by atoms with Crippen molar-refractivity contribution >= 4 is 95.0 Å². The van der Waals surface area contributed by atoms with Gasteiger partial charge in [-0.15, -0.1) is 11.3 Å². The van der Waals surface area contributed by atoms with Gasteiger partial charge in [0.1, 0.15) is 0 Å². The Balaban J connectivity index is 1.21. The van der Waals surface area contributed by atoms with Crippen LogP contribution in [0.15, 0.2) is 127 Å². The van der Waals surface area contributed by atoms with Crippen LogP contribution in [0.5, 0.6) is 0 Å². The van der Waals surface area contributed by atoms with Crippen LogP contribution in [-0.4, -0.2) is 6.71 Å². The van der Waals surface area contributed by atoms with E-state index in [4.69, 9.17) is 0 Å². The zero-order chi connectivity index (χ0) is 60.9. The van der Waals surface area contributed by atoms with E-state index in [0.717, 1.165) is 36.3 Å². The van der Waals surface area contributed by atoms with Crippen LogP contribution in [0.4, 0.5) is 51.2 Å². The molecule has 3 heterocycles. The van der Waals surface area contributed by atoms with E-state index in [0.29, 0.717) is 0 Å². The van der Waals surface area contributed by atoms with Crippen LogP contribution in [0, 0.1) is 0 Å². The third kappa shape index (κ3) is 9.30. The number of hydrogen-bond acceptors (Lipinski definition) is 4. The zero-order valence-electron chi connectivity index (χ0n) is 55.7. The van der Waals surface area contributed by atoms with E-state index in [1.165, 1.54) is 129 Å². The predicted molar refractivity (Wildman–Crippen MR) is 372 cm³/mol. The number of thiophene rings is 1. The first-order chi connectivity index (χ1) is 39.5. The number of hydrogen-bond donors (Lipinski definition) is 0. The molecule has 0 fully saturated rings. The van der Waals surface area contributed by atoms with Gasteiger partial charge in [0.25, 0.3) is 6.71 Å². The standard InChI is InChI=1S/C80H96BN3S/c1-72(2,3)49-22-28-52(29-23-49)82(53-30-24-50(25-31-53)73(4,5)6)56-43-66-69-67(44-56)84(55-34-35-58-59(42-55)76(12,13)37-36-75(58,10)11)70-57-45-60-63(80(20,21)41-38-77(60,14)15)48-68(57)85-71(70)81(69)64-46-61-62(79(18,19)40-39-78(61,16)17)47-65(64)83(66)54-32-26-51(27-33-54)74(7,8)9/h22-35,42-48H,36-41H2,1-21H3. The van der Waals surface area contributed by atoms with Crippen molar-refractivity contribution in [2.24, 2.45) is 0 Å². The maximum Gasteiger partial charge on any atom is 0.264 e. The Morgan fingerprint density at radius 1 is 0.376 bits per heavy atom. The fourth-order valence-corrected chi connectivity index (χ4v) is 17.1. The number of rotatable bonds is 5. The van der Waals surface area contributed by atoms with Gasteiger partial charge in [-0.3, -0.25) is 0 Å². The van der Waals surface area contributed by atoms with E-state index in [-0.39, 0.29) is 55.4 Å². The van der Waals surface area contributed by atoms with Crippen molar-refractivity contribution in [2.75, 3.05) is 14.7 Å². The fraction of sp³-hybridized carbons (Fsp3) is 0.450. The lowest BCUT2D eigenvalue weighted by atomic mass is 9.35. The molecule has 0 unspecified atom stereocenters. The molecular weight excluding hydrogens is 1050 g/mol. The molecule has 0 amide bonds. The maximum atomic E-state index is 2.79. The first-order valence-corrected chi connectivity index (χ1v) is 33.1. The van der Waals surface area contributed by atoms with Gasteiger partial charge in [0.05, 0.1) is 11.4 Å². The maximum absolute atomic E-state index is 2.79. The normalized spacial score (nSPS) is 19.3. The molecule has 0 bridgehead atoms. The monoisotopic (exact) mass is 1140 g/mol. The van der Waals surface area contributed by atoms with Crippen molar-refractivity contribution in [3.63, 3.8) is 0 Å². The lowest BCUT2D eigenvalue weighted by Crippen LogP contribution is -2.61. The van der Waals surface area contributed by atoms with E-state index in [1.54, 1.807) is 0 Å². The molecule has 7 aromatic carbocycles. The molecule has 5 aliphatic rings. The third-order valence-electron chi connectivity index (χ3n) is 21.9. The predicted octanol–water partition coefficient (Wildman–Crippen LogP) is 21.4. The summed E-state index contributed by atoms with van der Waals surface area (Å²) in [7, 11) is 0. The highest BCUT2D eigenvalue weighted by Crippen LogP contribution is 2.57. The Kier molecular flexibility index (Phi) is 12.8. The average Bonchev–Trinajstić information content (AvgIpc) is 1.69. The summed E-state index contributed by atoms with van der Waals surface area (Å²) in [5.74, 6) is 0. The molecule has 0 saturated heterocycles. The van der Waals surface area contributed by atoms with E-state index in [2.05, 4.69) is 299 Å². The van der Waals surface area contributed by atoms with Crippen molar-refractivity contribution in [2.45, 2.75) is 233 Å². The Hall–Kier alpha value is -6.04. The molecule has 13 rings (SSSR count). The van der Waals surface area contributed by atoms with Crippen LogP contribution in [-0.2, 0) is 48.7 Å². The van der Waals surface area contributed by atoms with Crippen molar-refractivity contribution < 1.29 is 0 Å². The Bertz CT molecular complexity index is 3950. The molecule has 5 heteroatoms. The molecule has 0 saturated carbocycles. The molecule has 85 heavy (non-hydrogen) atoms. The van der Waals surface area contributed by atoms with E-state index in [1.807, 2.05) is 0 Å². The molecule has 2 aliphatic heterocycles. The highest BCUT2D eigenvalue weighted by molar-refractivity contribution is 7.33. The first-order valence-electron chi connectivity index (χ1n) is 32.3. The van der Waals surface area contributed by atoms with Crippen molar-refractivity contribution in [3.05, 3.63) is 177 Å². The van der Waals surface area contributed by atoms with Gasteiger partial charge in [-0.05, 0) is 227 Å². The minimum absolute atomic E-state index is 0.00313. The zero-order valence-corrected chi connectivity index (χ0v) is 56.5. The Morgan fingerprint density at radius 3 is 1.24 bits per heavy atom. The number of fused-ring (bicyclic) bond motifs is 9. The van der Waals surface area contributed by atoms with Crippen LogP contribution in [0.3, 0.4) is 0 Å². The number of benzene rings is 7. The topological polar surface area (TPSA) is 9.72 Å². The highest BCUT2D eigenvalue weighted by atomic mass is 32.1. The van der Waals surface area contributed by atoms with Crippen molar-refractivity contribution in [3.8, 4) is 0 Å². The summed E-state index contributed by atoms with van der Waals surface area (Å²) in [5.41, 5.74) is 27.1. The summed E-state index contributed by atoms with van der Waals surface area (Å²) in [6, 6.07) is 52.3. The molecule has 0 spiro atoms. The van der Waals surface area contributed by atoms with Crippen LogP contribution in [0.25, 0.3) is 10.1 Å². The first kappa shape index (κ1) is 58.0. The largest absolute Gasteiger partial charge is 0.311 e. The number of anilines is 9. The summed E-state index contributed by atoms with van der Waals surface area (Å²) < 4.78 is 2.85. The van der Waals surface area contributed by atoms with Crippen LogP contribution in [0.1, 0.15) is 234 Å². The van der Waals surface area contributed by atoms with Gasteiger partial charge in [-0.25, -0.2) is 0 Å². The molecular formula is C80H96BN3S. The van der Waals surface area contributed by atoms with Gasteiger partial charge in [-0.2, -0.15) is 0 Å². The molecule has 0 atom stereocenters. The number of nitrogens with zero attached hydrogens (tertiary/aromatic N) is 3. The SMILES string of the molecule is CC(C)(C)c1ccc(N(c2ccc(C(C)(C)C)cc2)c2cc3c4c(c2)N(c2ccc5c(c2)C(C)(C)CCC5(C)C)c2c(sc5cc6c(cc25)C(C)(C)CCC6(C)C)B4c2cc4c(cc2N3c2ccc(C(C)(C)C)cc2)C(C)(C)CCC4(C)C)cc1. The highest BCUT2D eigenvalue weighted by Gasteiger charge is 2.50. The molecule has 8 aromatic rings. The third-order valence-corrected chi connectivity index (χ3v) is 23.1. The van der Waals surface area contributed by atoms with E-state index < -0.39 is 0 Å². The van der Waals surface area contributed by atoms with Gasteiger partial charge in [-0.1, -0.05) is 194 Å². The van der Waals surface area contributed by atoms with Crippen LogP contribution >= 0.6 is 11.3 Å². The van der Waals surface area contributed by atoms with Gasteiger partial charge < -0.3 is 14.7 Å². The Labute approximate surface area is 516 Å². The molecule has 3 aliphatic carbocycles. The van der Waals surface area contributed by atoms with Gasteiger partial charge in [0.15, 0.2) is 0 Å². The van der Waals surface area contributed by atoms with E-state index in [9.17, 15) is 0 Å². The van der Waals surface area contributed by atoms with Gasteiger partial charge in [0, 0.05) is 54.7 Å². The van der Waals surface area contributed by atoms with Crippen LogP contribution < -0.4 is 30.4 Å². The molecule has 0 N–H and O–H groups in total. The molecule has 440 valence electrons. The lowest BCUT2D eigenvalue weighted by molar-refractivity contribution is 0.332. The average molecular weight is 1140 g/mol. The summed E-state index contributed by atoms with van der Waals surface area (Å²) in [4.78, 5) is 8.07. The second kappa shape index (κ2) is 18.7. The summed E-state index contributed by atoms with van der Waals surface area (Å²) in [5, 5.41) is 1.38. The minimum atomic E-state index is -0.0226. The fourth-order valence-electron chi connectivity index (χ4n) is 15.8. The summed E-state index contributed by atoms with van der Waals surface area (Å²) >= 11 is 2.08. The summed E-state index contributed by atoms with van der Waals surface area (Å²) in [6.45, 7) is 51.0. The van der Waals surface area contributed by atoms with Crippen molar-refractivity contribution in [1.82, 2.24) is 0 Å². The second-order valence-electron chi connectivity index (χ2n) is 33.9. The Morgan fingerprint density at radius 2 is 0.765 bits per heavy atom. The van der Waals surface area contributed by atoms with Crippen LogP contribution in [0.2, 0.25) is 0 Å². The molecule has 0 radical (unpaired) electrons. The van der Waals surface area contributed by atoms with E-state index >= 15 is 0 Å². The lowest BCUT2D eigenvalue weighted by Gasteiger charge is -2.47. The summed E-state index contributed by atoms with van der Waals surface area (Å²) in [6.07, 6.45) is 7.00. The molecule has 3 nitrogen and oxygen atoms in total. The van der Waals surface area contributed by atoms with Crippen molar-refractivity contribution in [1.29, 1.82) is 0 Å². The van der Waals surface area contributed by atoms with Gasteiger partial charge >= 0.3 is 0 Å². The van der Waals surface area contributed by atoms with Gasteiger partial charge in [0.2, 0.25) is 0 Å². The quantitative estimate of drug-likeness (QED) is 0.159. The smallest absolute Gasteiger partial charge is 0.264 e.